The summed E-state index contributed by atoms with van der Waals surface area (Å²) in [5, 5.41) is 6.11. The van der Waals surface area contributed by atoms with Crippen LogP contribution in [-0.2, 0) is 0 Å². The third-order valence-corrected chi connectivity index (χ3v) is 1.30. The molecule has 0 bridgehead atoms. The predicted molar refractivity (Wildman–Crippen MR) is 37.2 cm³/mol. The molecule has 3 nitrogen and oxygen atoms in total. The number of H-pyrrole nitrogens is 1. The highest BCUT2D eigenvalue weighted by molar-refractivity contribution is 5.69. The monoisotopic (exact) mass is 121 g/mol. The van der Waals surface area contributed by atoms with Crippen molar-refractivity contribution in [3.63, 3.8) is 0 Å². The lowest BCUT2D eigenvalue weighted by Crippen LogP contribution is -1.99. The van der Waals surface area contributed by atoms with Gasteiger partial charge in [-0.3, -0.25) is 0 Å². The molecule has 0 spiro atoms. The predicted octanol–water partition coefficient (Wildman–Crippen LogP) is 1.32. The minimum atomic E-state index is 1.03. The molecule has 1 aliphatic heterocycles. The summed E-state index contributed by atoms with van der Waals surface area (Å²) in [6, 6.07) is 1.98. The minimum absolute atomic E-state index is 1.03. The summed E-state index contributed by atoms with van der Waals surface area (Å²) in [5.41, 5.74) is 1.09. The molecular weight excluding hydrogens is 114 g/mol. The summed E-state index contributed by atoms with van der Waals surface area (Å²) in [5.74, 6) is 1.03. The van der Waals surface area contributed by atoms with Crippen LogP contribution in [0.25, 0.3) is 0 Å². The van der Waals surface area contributed by atoms with Crippen LogP contribution in [0.5, 0.6) is 0 Å². The van der Waals surface area contributed by atoms with Gasteiger partial charge in [-0.25, -0.2) is 0 Å². The SMILES string of the molecule is C1=CNc2[nH]ccc2N1. The van der Waals surface area contributed by atoms with E-state index in [1.165, 1.54) is 0 Å². The van der Waals surface area contributed by atoms with Crippen LogP contribution in [-0.4, -0.2) is 4.98 Å². The first-order valence-electron chi connectivity index (χ1n) is 2.82. The van der Waals surface area contributed by atoms with Gasteiger partial charge in [-0.2, -0.15) is 0 Å². The van der Waals surface area contributed by atoms with E-state index < -0.39 is 0 Å². The largest absolute Gasteiger partial charge is 0.357 e. The lowest BCUT2D eigenvalue weighted by atomic mass is 10.4. The Morgan fingerprint density at radius 3 is 2.89 bits per heavy atom. The van der Waals surface area contributed by atoms with E-state index in [4.69, 9.17) is 0 Å². The Kier molecular flexibility index (Phi) is 0.773. The molecule has 2 heterocycles. The van der Waals surface area contributed by atoms with E-state index in [0.717, 1.165) is 11.5 Å². The van der Waals surface area contributed by atoms with E-state index in [2.05, 4.69) is 15.6 Å². The number of hydrogen-bond acceptors (Lipinski definition) is 2. The van der Waals surface area contributed by atoms with Crippen molar-refractivity contribution >= 4 is 11.5 Å². The zero-order chi connectivity index (χ0) is 6.10. The van der Waals surface area contributed by atoms with Crippen molar-refractivity contribution in [1.29, 1.82) is 0 Å². The van der Waals surface area contributed by atoms with Crippen molar-refractivity contribution in [2.45, 2.75) is 0 Å². The summed E-state index contributed by atoms with van der Waals surface area (Å²) in [4.78, 5) is 3.03. The molecule has 0 radical (unpaired) electrons. The minimum Gasteiger partial charge on any atom is -0.357 e. The highest BCUT2D eigenvalue weighted by Gasteiger charge is 2.01. The molecule has 2 rings (SSSR count). The third kappa shape index (κ3) is 0.579. The maximum absolute atomic E-state index is 3.07. The Hall–Kier alpha value is -1.38. The number of hydrogen-bond donors (Lipinski definition) is 3. The summed E-state index contributed by atoms with van der Waals surface area (Å²) < 4.78 is 0. The molecule has 0 aliphatic carbocycles. The molecule has 0 saturated carbocycles. The standard InChI is InChI=1S/C6H7N3/c1-2-8-6-5(1)7-3-4-9-6/h1-4,7-9H. The van der Waals surface area contributed by atoms with Crippen molar-refractivity contribution < 1.29 is 0 Å². The third-order valence-electron chi connectivity index (χ3n) is 1.30. The molecule has 0 atom stereocenters. The van der Waals surface area contributed by atoms with Gasteiger partial charge in [0.1, 0.15) is 5.82 Å². The first-order chi connectivity index (χ1) is 4.47. The first-order valence-corrected chi connectivity index (χ1v) is 2.82. The molecule has 1 aliphatic rings. The zero-order valence-electron chi connectivity index (χ0n) is 4.81. The number of aromatic amines is 1. The van der Waals surface area contributed by atoms with Crippen LogP contribution < -0.4 is 10.6 Å². The normalized spacial score (nSPS) is 13.8. The highest BCUT2D eigenvalue weighted by atomic mass is 15.1. The Labute approximate surface area is 52.8 Å². The van der Waals surface area contributed by atoms with Crippen LogP contribution >= 0.6 is 0 Å². The fourth-order valence-corrected chi connectivity index (χ4v) is 0.866. The van der Waals surface area contributed by atoms with E-state index in [1.54, 1.807) is 0 Å². The average Bonchev–Trinajstić information content (AvgIpc) is 2.33. The van der Waals surface area contributed by atoms with Crippen molar-refractivity contribution in [3.8, 4) is 0 Å². The van der Waals surface area contributed by atoms with Gasteiger partial charge in [-0.1, -0.05) is 0 Å². The van der Waals surface area contributed by atoms with E-state index in [1.807, 2.05) is 24.7 Å². The molecule has 9 heavy (non-hydrogen) atoms. The summed E-state index contributed by atoms with van der Waals surface area (Å²) in [6.07, 6.45) is 5.59. The molecule has 3 N–H and O–H groups in total. The molecule has 46 valence electrons. The van der Waals surface area contributed by atoms with Crippen LogP contribution in [0, 0.1) is 0 Å². The van der Waals surface area contributed by atoms with Gasteiger partial charge in [0.05, 0.1) is 5.69 Å². The second-order valence-corrected chi connectivity index (χ2v) is 1.89. The molecule has 0 saturated heterocycles. The summed E-state index contributed by atoms with van der Waals surface area (Å²) in [6.45, 7) is 0. The zero-order valence-corrected chi connectivity index (χ0v) is 4.81. The van der Waals surface area contributed by atoms with E-state index in [-0.39, 0.29) is 0 Å². The maximum atomic E-state index is 3.07. The Balaban J connectivity index is 2.46. The van der Waals surface area contributed by atoms with Crippen LogP contribution in [0.4, 0.5) is 11.5 Å². The molecule has 1 aromatic heterocycles. The smallest absolute Gasteiger partial charge is 0.131 e. The highest BCUT2D eigenvalue weighted by Crippen LogP contribution is 2.21. The van der Waals surface area contributed by atoms with Crippen LogP contribution in [0.1, 0.15) is 0 Å². The topological polar surface area (TPSA) is 39.9 Å². The molecule has 3 heteroatoms. The summed E-state index contributed by atoms with van der Waals surface area (Å²) >= 11 is 0. The number of aromatic nitrogens is 1. The van der Waals surface area contributed by atoms with Crippen molar-refractivity contribution in [1.82, 2.24) is 4.98 Å². The number of fused-ring (bicyclic) bond motifs is 1. The fraction of sp³-hybridized carbons (Fsp3) is 0. The van der Waals surface area contributed by atoms with Crippen LogP contribution in [0.3, 0.4) is 0 Å². The van der Waals surface area contributed by atoms with Crippen molar-refractivity contribution in [2.75, 3.05) is 10.6 Å². The Bertz CT molecular complexity index is 214. The second kappa shape index (κ2) is 1.55. The van der Waals surface area contributed by atoms with Gasteiger partial charge in [0.25, 0.3) is 0 Å². The number of rotatable bonds is 0. The quantitative estimate of drug-likeness (QED) is 0.484. The molecule has 0 unspecified atom stereocenters. The molecular formula is C6H7N3. The molecule has 0 amide bonds. The Morgan fingerprint density at radius 1 is 1.11 bits per heavy atom. The maximum Gasteiger partial charge on any atom is 0.131 e. The van der Waals surface area contributed by atoms with E-state index in [9.17, 15) is 0 Å². The van der Waals surface area contributed by atoms with E-state index in [0.29, 0.717) is 0 Å². The molecule has 0 fully saturated rings. The number of nitrogens with one attached hydrogen (secondary N) is 3. The molecule has 1 aromatic rings. The summed E-state index contributed by atoms with van der Waals surface area (Å²) in [7, 11) is 0. The average molecular weight is 121 g/mol. The van der Waals surface area contributed by atoms with E-state index >= 15 is 0 Å². The lowest BCUT2D eigenvalue weighted by Gasteiger charge is -2.07. The fourth-order valence-electron chi connectivity index (χ4n) is 0.866. The van der Waals surface area contributed by atoms with Gasteiger partial charge in [0, 0.05) is 18.6 Å². The van der Waals surface area contributed by atoms with Crippen LogP contribution in [0.15, 0.2) is 24.7 Å². The van der Waals surface area contributed by atoms with Crippen molar-refractivity contribution in [2.24, 2.45) is 0 Å². The Morgan fingerprint density at radius 2 is 2.00 bits per heavy atom. The van der Waals surface area contributed by atoms with Gasteiger partial charge in [-0.15, -0.1) is 0 Å². The second-order valence-electron chi connectivity index (χ2n) is 1.89. The number of anilines is 2. The van der Waals surface area contributed by atoms with Gasteiger partial charge in [-0.05, 0) is 6.07 Å². The lowest BCUT2D eigenvalue weighted by molar-refractivity contribution is 1.35. The van der Waals surface area contributed by atoms with Gasteiger partial charge < -0.3 is 15.6 Å². The molecule has 0 aromatic carbocycles. The van der Waals surface area contributed by atoms with Gasteiger partial charge in [0.15, 0.2) is 0 Å². The van der Waals surface area contributed by atoms with Gasteiger partial charge in [0.2, 0.25) is 0 Å². The van der Waals surface area contributed by atoms with Gasteiger partial charge >= 0.3 is 0 Å². The first kappa shape index (κ1) is 4.49. The van der Waals surface area contributed by atoms with Crippen molar-refractivity contribution in [3.05, 3.63) is 24.7 Å². The van der Waals surface area contributed by atoms with Crippen LogP contribution in [0.2, 0.25) is 0 Å².